The molecule has 1 aromatic rings. The maximum absolute atomic E-state index is 11.8. The number of nitrogens with one attached hydrogen (secondary N) is 1. The van der Waals surface area contributed by atoms with Crippen LogP contribution in [0.3, 0.4) is 0 Å². The van der Waals surface area contributed by atoms with E-state index in [0.717, 1.165) is 16.6 Å². The van der Waals surface area contributed by atoms with Gasteiger partial charge in [0.25, 0.3) is 0 Å². The summed E-state index contributed by atoms with van der Waals surface area (Å²) in [6.45, 7) is 10.0. The van der Waals surface area contributed by atoms with E-state index in [0.29, 0.717) is 18.7 Å². The Kier molecular flexibility index (Phi) is 4.71. The third-order valence-electron chi connectivity index (χ3n) is 5.16. The number of carbonyl (C=O) groups is 2. The highest BCUT2D eigenvalue weighted by molar-refractivity contribution is 6.56. The first kappa shape index (κ1) is 18.7. The maximum Gasteiger partial charge on any atom is 0.492 e. The van der Waals surface area contributed by atoms with E-state index in [9.17, 15) is 9.59 Å². The first-order valence-corrected chi connectivity index (χ1v) is 8.70. The van der Waals surface area contributed by atoms with E-state index >= 15 is 0 Å². The molecule has 7 heteroatoms. The van der Waals surface area contributed by atoms with Crippen LogP contribution < -0.4 is 5.32 Å². The minimum Gasteiger partial charge on any atom is -0.457 e. The molecule has 1 saturated heterocycles. The van der Waals surface area contributed by atoms with Crippen molar-refractivity contribution in [2.24, 2.45) is 0 Å². The minimum atomic E-state index is -0.577. The van der Waals surface area contributed by atoms with Gasteiger partial charge in [0.15, 0.2) is 0 Å². The van der Waals surface area contributed by atoms with Gasteiger partial charge in [-0.15, -0.1) is 0 Å². The second-order valence-corrected chi connectivity index (χ2v) is 7.71. The van der Waals surface area contributed by atoms with E-state index in [2.05, 4.69) is 5.32 Å². The van der Waals surface area contributed by atoms with Gasteiger partial charge in [-0.1, -0.05) is 18.2 Å². The van der Waals surface area contributed by atoms with Crippen molar-refractivity contribution in [3.63, 3.8) is 0 Å². The van der Waals surface area contributed by atoms with Crippen LogP contribution in [-0.4, -0.2) is 36.7 Å². The summed E-state index contributed by atoms with van der Waals surface area (Å²) >= 11 is 0. The standard InChI is InChI=1S/C19H24BNO5/c1-12(22)21-10-15(20-25-18(2,3)19(4,5)26-20)8-13-6-7-14-11-24-17(23)16(14)9-13/h6-9H,10-11H2,1-5H3,(H,21,22). The Bertz CT molecular complexity index is 768. The molecule has 0 radical (unpaired) electrons. The number of cyclic esters (lactones) is 1. The number of carbonyl (C=O) groups excluding carboxylic acids is 2. The van der Waals surface area contributed by atoms with Crippen LogP contribution >= 0.6 is 0 Å². The zero-order valence-electron chi connectivity index (χ0n) is 15.8. The van der Waals surface area contributed by atoms with Gasteiger partial charge in [-0.05, 0) is 44.8 Å². The molecule has 138 valence electrons. The summed E-state index contributed by atoms with van der Waals surface area (Å²) < 4.78 is 17.3. The van der Waals surface area contributed by atoms with Gasteiger partial charge in [0.2, 0.25) is 5.91 Å². The highest BCUT2D eigenvalue weighted by atomic mass is 16.7. The average molecular weight is 357 g/mol. The number of fused-ring (bicyclic) bond motifs is 1. The van der Waals surface area contributed by atoms with Crippen molar-refractivity contribution in [3.05, 3.63) is 40.4 Å². The van der Waals surface area contributed by atoms with Crippen LogP contribution in [0.4, 0.5) is 0 Å². The molecule has 2 aliphatic rings. The van der Waals surface area contributed by atoms with Crippen molar-refractivity contribution in [1.82, 2.24) is 5.32 Å². The monoisotopic (exact) mass is 357 g/mol. The van der Waals surface area contributed by atoms with Gasteiger partial charge in [-0.3, -0.25) is 4.79 Å². The number of ether oxygens (including phenoxy) is 1. The minimum absolute atomic E-state index is 0.134. The zero-order chi connectivity index (χ0) is 19.1. The molecule has 1 fully saturated rings. The third kappa shape index (κ3) is 3.55. The fourth-order valence-electron chi connectivity index (χ4n) is 2.86. The normalized spacial score (nSPS) is 20.7. The highest BCUT2D eigenvalue weighted by Gasteiger charge is 2.52. The largest absolute Gasteiger partial charge is 0.492 e. The van der Waals surface area contributed by atoms with Gasteiger partial charge in [-0.25, -0.2) is 4.79 Å². The molecule has 3 rings (SSSR count). The van der Waals surface area contributed by atoms with Crippen molar-refractivity contribution >= 4 is 25.1 Å². The van der Waals surface area contributed by atoms with Crippen LogP contribution in [0.5, 0.6) is 0 Å². The van der Waals surface area contributed by atoms with Gasteiger partial charge in [0.05, 0.1) is 16.8 Å². The van der Waals surface area contributed by atoms with Gasteiger partial charge in [0, 0.05) is 19.0 Å². The maximum atomic E-state index is 11.8. The van der Waals surface area contributed by atoms with Crippen LogP contribution in [0.2, 0.25) is 0 Å². The highest BCUT2D eigenvalue weighted by Crippen LogP contribution is 2.38. The summed E-state index contributed by atoms with van der Waals surface area (Å²) in [6.07, 6.45) is 1.89. The predicted octanol–water partition coefficient (Wildman–Crippen LogP) is 2.51. The lowest BCUT2D eigenvalue weighted by Gasteiger charge is -2.32. The van der Waals surface area contributed by atoms with Crippen LogP contribution in [-0.2, 0) is 25.4 Å². The smallest absolute Gasteiger partial charge is 0.457 e. The number of esters is 1. The molecule has 26 heavy (non-hydrogen) atoms. The van der Waals surface area contributed by atoms with E-state index in [1.807, 2.05) is 45.9 Å². The Hall–Kier alpha value is -2.12. The van der Waals surface area contributed by atoms with Gasteiger partial charge in [0.1, 0.15) is 6.61 Å². The van der Waals surface area contributed by atoms with E-state index in [4.69, 9.17) is 14.0 Å². The van der Waals surface area contributed by atoms with Gasteiger partial charge < -0.3 is 19.4 Å². The Morgan fingerprint density at radius 2 is 1.88 bits per heavy atom. The van der Waals surface area contributed by atoms with Crippen LogP contribution in [0, 0.1) is 0 Å². The summed E-state index contributed by atoms with van der Waals surface area (Å²) in [5.74, 6) is -0.445. The van der Waals surface area contributed by atoms with Crippen LogP contribution in [0.25, 0.3) is 6.08 Å². The molecule has 0 saturated carbocycles. The summed E-state index contributed by atoms with van der Waals surface area (Å²) in [4.78, 5) is 23.2. The fraction of sp³-hybridized carbons (Fsp3) is 0.474. The lowest BCUT2D eigenvalue weighted by Crippen LogP contribution is -2.41. The van der Waals surface area contributed by atoms with Crippen LogP contribution in [0.15, 0.2) is 23.7 Å². The Balaban J connectivity index is 1.92. The third-order valence-corrected chi connectivity index (χ3v) is 5.16. The van der Waals surface area contributed by atoms with E-state index < -0.39 is 18.3 Å². The molecule has 0 atom stereocenters. The Labute approximate surface area is 154 Å². The fourth-order valence-corrected chi connectivity index (χ4v) is 2.86. The molecule has 0 spiro atoms. The summed E-state index contributed by atoms with van der Waals surface area (Å²) in [6, 6.07) is 5.59. The topological polar surface area (TPSA) is 73.9 Å². The van der Waals surface area contributed by atoms with Crippen LogP contribution in [0.1, 0.15) is 56.1 Å². The van der Waals surface area contributed by atoms with Gasteiger partial charge in [-0.2, -0.15) is 0 Å². The molecule has 0 aliphatic carbocycles. The molecule has 6 nitrogen and oxygen atoms in total. The molecule has 0 bridgehead atoms. The Morgan fingerprint density at radius 3 is 2.50 bits per heavy atom. The number of hydrogen-bond acceptors (Lipinski definition) is 5. The number of amides is 1. The summed E-state index contributed by atoms with van der Waals surface area (Å²) in [5, 5.41) is 2.80. The molecular formula is C19H24BNO5. The lowest BCUT2D eigenvalue weighted by atomic mass is 9.77. The van der Waals surface area contributed by atoms with Crippen molar-refractivity contribution < 1.29 is 23.6 Å². The van der Waals surface area contributed by atoms with Crippen molar-refractivity contribution in [2.45, 2.75) is 52.4 Å². The molecule has 1 amide bonds. The SMILES string of the molecule is CC(=O)NCC(=Cc1ccc2c(c1)C(=O)OC2)B1OC(C)(C)C(C)(C)O1. The second kappa shape index (κ2) is 6.56. The first-order valence-electron chi connectivity index (χ1n) is 8.70. The van der Waals surface area contributed by atoms with Crippen molar-refractivity contribution in [1.29, 1.82) is 0 Å². The number of hydrogen-bond donors (Lipinski definition) is 1. The quantitative estimate of drug-likeness (QED) is 0.662. The molecule has 1 aromatic carbocycles. The Morgan fingerprint density at radius 1 is 1.23 bits per heavy atom. The summed E-state index contributed by atoms with van der Waals surface area (Å²) in [7, 11) is -0.577. The molecule has 2 heterocycles. The van der Waals surface area contributed by atoms with E-state index in [1.165, 1.54) is 6.92 Å². The molecule has 2 aliphatic heterocycles. The first-order chi connectivity index (χ1) is 12.1. The number of rotatable bonds is 4. The van der Waals surface area contributed by atoms with E-state index in [-0.39, 0.29) is 11.9 Å². The van der Waals surface area contributed by atoms with Gasteiger partial charge >= 0.3 is 13.1 Å². The van der Waals surface area contributed by atoms with Crippen molar-refractivity contribution in [2.75, 3.05) is 6.54 Å². The molecular weight excluding hydrogens is 333 g/mol. The molecule has 0 aromatic heterocycles. The molecule has 0 unspecified atom stereocenters. The lowest BCUT2D eigenvalue weighted by molar-refractivity contribution is -0.118. The van der Waals surface area contributed by atoms with Crippen molar-refractivity contribution in [3.8, 4) is 0 Å². The predicted molar refractivity (Wildman–Crippen MR) is 98.3 cm³/mol. The molecule has 1 N–H and O–H groups in total. The average Bonchev–Trinajstić information content (AvgIpc) is 3.00. The zero-order valence-corrected chi connectivity index (χ0v) is 15.8. The summed E-state index contributed by atoms with van der Waals surface area (Å²) in [5.41, 5.74) is 2.12. The number of benzene rings is 1. The second-order valence-electron chi connectivity index (χ2n) is 7.71. The van der Waals surface area contributed by atoms with E-state index in [1.54, 1.807) is 6.07 Å².